The van der Waals surface area contributed by atoms with Crippen molar-refractivity contribution in [3.05, 3.63) is 33.3 Å². The molecule has 1 fully saturated rings. The van der Waals surface area contributed by atoms with Crippen LogP contribution in [0.3, 0.4) is 0 Å². The Morgan fingerprint density at radius 2 is 2.28 bits per heavy atom. The molecular weight excluding hydrogens is 368 g/mol. The number of anilines is 1. The van der Waals surface area contributed by atoms with Crippen molar-refractivity contribution >= 4 is 51.7 Å². The van der Waals surface area contributed by atoms with E-state index in [-0.39, 0.29) is 34.8 Å². The Balaban J connectivity index is 2.01. The smallest absolute Gasteiger partial charge is 0.271 e. The number of hydrogen-bond acceptors (Lipinski definition) is 6. The summed E-state index contributed by atoms with van der Waals surface area (Å²) in [5.74, 6) is -0.743. The number of benzene rings is 1. The highest BCUT2D eigenvalue weighted by Crippen LogP contribution is 2.28. The lowest BCUT2D eigenvalue weighted by molar-refractivity contribution is -0.384. The molecule has 10 heteroatoms. The topological polar surface area (TPSA) is 114 Å². The largest absolute Gasteiger partial charge is 0.325 e. The molecule has 0 radical (unpaired) electrons. The molecule has 25 heavy (non-hydrogen) atoms. The molecule has 0 unspecified atom stereocenters. The van der Waals surface area contributed by atoms with Gasteiger partial charge in [-0.05, 0) is 19.4 Å². The highest BCUT2D eigenvalue weighted by molar-refractivity contribution is 8.15. The molecule has 1 aliphatic heterocycles. The highest BCUT2D eigenvalue weighted by Gasteiger charge is 2.32. The van der Waals surface area contributed by atoms with Gasteiger partial charge in [-0.3, -0.25) is 24.7 Å². The van der Waals surface area contributed by atoms with Crippen LogP contribution in [0.2, 0.25) is 5.02 Å². The molecule has 134 valence electrons. The molecule has 2 amide bonds. The fourth-order valence-corrected chi connectivity index (χ4v) is 3.22. The van der Waals surface area contributed by atoms with Crippen LogP contribution in [0.1, 0.15) is 26.7 Å². The molecule has 0 aromatic heterocycles. The maximum absolute atomic E-state index is 12.2. The third-order valence-electron chi connectivity index (χ3n) is 3.51. The molecule has 0 spiro atoms. The lowest BCUT2D eigenvalue weighted by Gasteiger charge is -2.09. The number of carbonyl (C=O) groups is 2. The molecule has 1 aromatic rings. The van der Waals surface area contributed by atoms with E-state index in [1.54, 1.807) is 0 Å². The van der Waals surface area contributed by atoms with Gasteiger partial charge in [-0.15, -0.1) is 0 Å². The molecule has 1 aliphatic rings. The molecule has 0 bridgehead atoms. The van der Waals surface area contributed by atoms with Crippen LogP contribution < -0.4 is 10.6 Å². The quantitative estimate of drug-likeness (QED) is 0.578. The number of halogens is 1. The van der Waals surface area contributed by atoms with E-state index in [0.717, 1.165) is 6.42 Å². The minimum Gasteiger partial charge on any atom is -0.325 e. The first kappa shape index (κ1) is 19.2. The molecule has 2 atom stereocenters. The number of thioether (sulfide) groups is 1. The summed E-state index contributed by atoms with van der Waals surface area (Å²) >= 11 is 7.15. The zero-order valence-corrected chi connectivity index (χ0v) is 15.2. The minimum atomic E-state index is -0.597. The van der Waals surface area contributed by atoms with Crippen LogP contribution in [-0.2, 0) is 9.59 Å². The number of nitrogens with zero attached hydrogens (tertiary/aromatic N) is 2. The van der Waals surface area contributed by atoms with E-state index in [9.17, 15) is 19.7 Å². The number of amidine groups is 1. The number of non-ortho nitro benzene ring substituents is 1. The molecular formula is C15H17ClN4O4S. The number of nitrogens with one attached hydrogen (secondary N) is 2. The van der Waals surface area contributed by atoms with Crippen molar-refractivity contribution in [2.24, 2.45) is 4.99 Å². The Labute approximate surface area is 153 Å². The average molecular weight is 385 g/mol. The Hall–Kier alpha value is -2.13. The summed E-state index contributed by atoms with van der Waals surface area (Å²) in [5, 5.41) is 16.1. The monoisotopic (exact) mass is 384 g/mol. The third-order valence-corrected chi connectivity index (χ3v) is 4.94. The van der Waals surface area contributed by atoms with E-state index < -0.39 is 16.1 Å². The molecule has 2 N–H and O–H groups in total. The SMILES string of the molecule is CC[C@@H](C)N=C1NC(=O)[C@@H](CC(=O)Nc2cc([N+](=O)[O-])ccc2Cl)S1. The third kappa shape index (κ3) is 5.17. The molecule has 0 saturated carbocycles. The first-order chi connectivity index (χ1) is 11.8. The van der Waals surface area contributed by atoms with Crippen LogP contribution in [0.5, 0.6) is 0 Å². The summed E-state index contributed by atoms with van der Waals surface area (Å²) in [5.41, 5.74) is -0.0478. The van der Waals surface area contributed by atoms with Crippen LogP contribution in [0, 0.1) is 10.1 Å². The summed E-state index contributed by atoms with van der Waals surface area (Å²) < 4.78 is 0. The zero-order chi connectivity index (χ0) is 18.6. The Bertz CT molecular complexity index is 740. The maximum Gasteiger partial charge on any atom is 0.271 e. The van der Waals surface area contributed by atoms with E-state index in [2.05, 4.69) is 15.6 Å². The van der Waals surface area contributed by atoms with Crippen molar-refractivity contribution in [2.75, 3.05) is 5.32 Å². The van der Waals surface area contributed by atoms with Crippen molar-refractivity contribution in [3.63, 3.8) is 0 Å². The van der Waals surface area contributed by atoms with Gasteiger partial charge in [-0.25, -0.2) is 0 Å². The second-order valence-electron chi connectivity index (χ2n) is 5.46. The highest BCUT2D eigenvalue weighted by atomic mass is 35.5. The standard InChI is InChI=1S/C15H17ClN4O4S/c1-3-8(2)17-15-19-14(22)12(25-15)7-13(21)18-11-6-9(20(23)24)4-5-10(11)16/h4-6,8,12H,3,7H2,1-2H3,(H,18,21)(H,17,19,22)/t8-,12-/m1/s1. The van der Waals surface area contributed by atoms with Gasteiger partial charge in [-0.2, -0.15) is 0 Å². The second kappa shape index (κ2) is 8.30. The average Bonchev–Trinajstić information content (AvgIpc) is 2.88. The molecule has 1 aromatic carbocycles. The van der Waals surface area contributed by atoms with E-state index >= 15 is 0 Å². The van der Waals surface area contributed by atoms with E-state index in [4.69, 9.17) is 11.6 Å². The molecule has 8 nitrogen and oxygen atoms in total. The van der Waals surface area contributed by atoms with Crippen molar-refractivity contribution < 1.29 is 14.5 Å². The molecule has 0 aliphatic carbocycles. The number of amides is 2. The number of carbonyl (C=O) groups excluding carboxylic acids is 2. The summed E-state index contributed by atoms with van der Waals surface area (Å²) in [6, 6.07) is 3.84. The molecule has 1 saturated heterocycles. The van der Waals surface area contributed by atoms with Gasteiger partial charge >= 0.3 is 0 Å². The Morgan fingerprint density at radius 3 is 2.92 bits per heavy atom. The summed E-state index contributed by atoms with van der Waals surface area (Å²) in [7, 11) is 0. The van der Waals surface area contributed by atoms with Crippen molar-refractivity contribution in [2.45, 2.75) is 38.0 Å². The van der Waals surface area contributed by atoms with Gasteiger partial charge in [0.25, 0.3) is 5.69 Å². The van der Waals surface area contributed by atoms with Gasteiger partial charge in [0.05, 0.1) is 15.6 Å². The maximum atomic E-state index is 12.2. The first-order valence-corrected chi connectivity index (χ1v) is 8.85. The van der Waals surface area contributed by atoms with E-state index in [1.807, 2.05) is 13.8 Å². The van der Waals surface area contributed by atoms with Gasteiger partial charge in [-0.1, -0.05) is 30.3 Å². The first-order valence-electron chi connectivity index (χ1n) is 7.59. The van der Waals surface area contributed by atoms with Crippen molar-refractivity contribution in [1.29, 1.82) is 0 Å². The second-order valence-corrected chi connectivity index (χ2v) is 7.06. The fourth-order valence-electron chi connectivity index (χ4n) is 1.98. The van der Waals surface area contributed by atoms with Gasteiger partial charge in [0.2, 0.25) is 11.8 Å². The van der Waals surface area contributed by atoms with Crippen LogP contribution in [0.4, 0.5) is 11.4 Å². The number of nitro groups is 1. The fraction of sp³-hybridized carbons (Fsp3) is 0.400. The van der Waals surface area contributed by atoms with Gasteiger partial charge in [0.1, 0.15) is 5.25 Å². The van der Waals surface area contributed by atoms with Crippen LogP contribution in [-0.4, -0.2) is 33.2 Å². The van der Waals surface area contributed by atoms with E-state index in [0.29, 0.717) is 5.17 Å². The summed E-state index contributed by atoms with van der Waals surface area (Å²) in [6.45, 7) is 3.92. The van der Waals surface area contributed by atoms with Gasteiger partial charge in [0, 0.05) is 24.6 Å². The Kier molecular flexibility index (Phi) is 6.38. The van der Waals surface area contributed by atoms with E-state index in [1.165, 1.54) is 30.0 Å². The predicted molar refractivity (Wildman–Crippen MR) is 98.1 cm³/mol. The van der Waals surface area contributed by atoms with Crippen molar-refractivity contribution in [3.8, 4) is 0 Å². The summed E-state index contributed by atoms with van der Waals surface area (Å²) in [4.78, 5) is 38.7. The van der Waals surface area contributed by atoms with Crippen molar-refractivity contribution in [1.82, 2.24) is 5.32 Å². The van der Waals surface area contributed by atoms with Crippen LogP contribution in [0.15, 0.2) is 23.2 Å². The number of hydrogen-bond donors (Lipinski definition) is 2. The minimum absolute atomic E-state index is 0.0825. The Morgan fingerprint density at radius 1 is 1.56 bits per heavy atom. The lowest BCUT2D eigenvalue weighted by atomic mass is 10.2. The number of rotatable bonds is 6. The molecule has 2 rings (SSSR count). The number of aliphatic imine (C=N–C) groups is 1. The molecule has 1 heterocycles. The van der Waals surface area contributed by atoms with Gasteiger partial charge < -0.3 is 10.6 Å². The van der Waals surface area contributed by atoms with Crippen LogP contribution >= 0.6 is 23.4 Å². The van der Waals surface area contributed by atoms with Gasteiger partial charge in [0.15, 0.2) is 5.17 Å². The summed E-state index contributed by atoms with van der Waals surface area (Å²) in [6.07, 6.45) is 0.755. The number of nitro benzene ring substituents is 1. The normalized spacial score (nSPS) is 19.6. The zero-order valence-electron chi connectivity index (χ0n) is 13.6. The predicted octanol–water partition coefficient (Wildman–Crippen LogP) is 2.96. The lowest BCUT2D eigenvalue weighted by Crippen LogP contribution is -2.28. The van der Waals surface area contributed by atoms with Crippen LogP contribution in [0.25, 0.3) is 0 Å².